The van der Waals surface area contributed by atoms with Crippen molar-refractivity contribution in [2.45, 2.75) is 63.6 Å². The van der Waals surface area contributed by atoms with Gasteiger partial charge in [-0.2, -0.15) is 0 Å². The highest BCUT2D eigenvalue weighted by molar-refractivity contribution is 5.91. The molecule has 3 N–H and O–H groups in total. The van der Waals surface area contributed by atoms with Crippen LogP contribution in [-0.2, 0) is 22.4 Å². The van der Waals surface area contributed by atoms with Gasteiger partial charge in [0.15, 0.2) is 6.10 Å². The smallest absolute Gasteiger partial charge is 0.410 e. The molecule has 250 valence electrons. The SMILES string of the molecule is Cc1cc(C[C@@H](OC(=O)N2CCC(N3CCc4ccccc4NC3=O)CC2)C(=O)N2CCC(N3CCNCC3)CC2)cc2nc[nH]c12. The van der Waals surface area contributed by atoms with E-state index >= 15 is 0 Å². The molecule has 4 aliphatic heterocycles. The van der Waals surface area contributed by atoms with E-state index in [1.807, 2.05) is 47.1 Å². The Bertz CT molecular complexity index is 1590. The first-order valence-corrected chi connectivity index (χ1v) is 17.2. The van der Waals surface area contributed by atoms with E-state index in [-0.39, 0.29) is 24.4 Å². The summed E-state index contributed by atoms with van der Waals surface area (Å²) in [4.78, 5) is 56.4. The van der Waals surface area contributed by atoms with Crippen LogP contribution in [0.5, 0.6) is 0 Å². The number of aromatic amines is 1. The molecule has 1 aromatic heterocycles. The maximum Gasteiger partial charge on any atom is 0.410 e. The number of likely N-dealkylation sites (tertiary alicyclic amines) is 2. The fourth-order valence-electron chi connectivity index (χ4n) is 7.81. The number of nitrogens with one attached hydrogen (secondary N) is 3. The number of amides is 4. The summed E-state index contributed by atoms with van der Waals surface area (Å²) in [5.41, 5.74) is 5.74. The van der Waals surface area contributed by atoms with Gasteiger partial charge in [0.1, 0.15) is 0 Å². The number of urea groups is 1. The van der Waals surface area contributed by atoms with Crippen LogP contribution in [0.2, 0.25) is 0 Å². The largest absolute Gasteiger partial charge is 0.436 e. The number of aromatic nitrogens is 2. The lowest BCUT2D eigenvalue weighted by molar-refractivity contribution is -0.142. The minimum Gasteiger partial charge on any atom is -0.436 e. The highest BCUT2D eigenvalue weighted by Gasteiger charge is 2.36. The fourth-order valence-corrected chi connectivity index (χ4v) is 7.81. The molecular formula is C35H46N8O4. The second-order valence-corrected chi connectivity index (χ2v) is 13.4. The number of aryl methyl sites for hydroxylation is 1. The summed E-state index contributed by atoms with van der Waals surface area (Å²) in [5, 5.41) is 6.48. The van der Waals surface area contributed by atoms with Crippen LogP contribution in [0.3, 0.4) is 0 Å². The number of piperazine rings is 1. The van der Waals surface area contributed by atoms with Gasteiger partial charge < -0.3 is 35.1 Å². The van der Waals surface area contributed by atoms with Crippen molar-refractivity contribution in [2.24, 2.45) is 0 Å². The third-order valence-electron chi connectivity index (χ3n) is 10.5. The predicted molar refractivity (Wildman–Crippen MR) is 179 cm³/mol. The summed E-state index contributed by atoms with van der Waals surface area (Å²) in [5.74, 6) is -0.132. The average Bonchev–Trinajstić information content (AvgIpc) is 3.52. The van der Waals surface area contributed by atoms with Gasteiger partial charge in [0, 0.05) is 83.1 Å². The molecule has 4 aliphatic rings. The van der Waals surface area contributed by atoms with Crippen molar-refractivity contribution in [3.8, 4) is 0 Å². The van der Waals surface area contributed by atoms with Gasteiger partial charge in [0.25, 0.3) is 5.91 Å². The second kappa shape index (κ2) is 13.9. The van der Waals surface area contributed by atoms with Crippen LogP contribution >= 0.6 is 0 Å². The van der Waals surface area contributed by atoms with Crippen LogP contribution in [-0.4, -0.2) is 125 Å². The first kappa shape index (κ1) is 31.4. The van der Waals surface area contributed by atoms with Crippen LogP contribution in [0.25, 0.3) is 11.0 Å². The summed E-state index contributed by atoms with van der Waals surface area (Å²) in [6, 6.07) is 12.4. The molecule has 0 bridgehead atoms. The molecule has 3 fully saturated rings. The number of carbonyl (C=O) groups is 3. The molecule has 0 radical (unpaired) electrons. The van der Waals surface area contributed by atoms with Gasteiger partial charge in [-0.15, -0.1) is 0 Å². The molecule has 0 spiro atoms. The summed E-state index contributed by atoms with van der Waals surface area (Å²) in [6.45, 7) is 9.01. The molecule has 12 heteroatoms. The van der Waals surface area contributed by atoms with Gasteiger partial charge in [-0.3, -0.25) is 9.69 Å². The van der Waals surface area contributed by atoms with Gasteiger partial charge in [-0.25, -0.2) is 14.6 Å². The number of carbonyl (C=O) groups excluding carboxylic acids is 3. The molecule has 1 atom stereocenters. The maximum atomic E-state index is 14.1. The third-order valence-corrected chi connectivity index (χ3v) is 10.5. The van der Waals surface area contributed by atoms with Gasteiger partial charge in [-0.1, -0.05) is 24.3 Å². The minimum atomic E-state index is -0.929. The summed E-state index contributed by atoms with van der Waals surface area (Å²) >= 11 is 0. The van der Waals surface area contributed by atoms with Crippen molar-refractivity contribution in [2.75, 3.05) is 64.2 Å². The quantitative estimate of drug-likeness (QED) is 0.377. The number of piperidine rings is 2. The third kappa shape index (κ3) is 6.94. The van der Waals surface area contributed by atoms with Crippen molar-refractivity contribution in [3.63, 3.8) is 0 Å². The Morgan fingerprint density at radius 2 is 1.66 bits per heavy atom. The summed E-state index contributed by atoms with van der Waals surface area (Å²) < 4.78 is 6.11. The van der Waals surface area contributed by atoms with E-state index in [4.69, 9.17) is 4.74 Å². The number of hydrogen-bond acceptors (Lipinski definition) is 7. The normalized spacial score (nSPS) is 20.9. The fraction of sp³-hybridized carbons (Fsp3) is 0.543. The van der Waals surface area contributed by atoms with Crippen molar-refractivity contribution >= 4 is 34.8 Å². The standard InChI is InChI=1S/C35H46N8O4/c1-24-20-25(21-30-32(24)38-23-37-30)22-31(33(44)41-13-7-27(8-14-41)40-18-11-36-12-19-40)47-35(46)42-15-9-28(10-16-42)43-17-6-26-4-2-3-5-29(26)39-34(43)45/h2-5,20-21,23,27-28,31,36H,6-19,22H2,1H3,(H,37,38)(H,39,45)/t31-/m1/s1. The number of nitrogens with zero attached hydrogens (tertiary/aromatic N) is 5. The Balaban J connectivity index is 1.00. The molecule has 3 saturated heterocycles. The van der Waals surface area contributed by atoms with E-state index in [0.717, 1.165) is 78.9 Å². The molecule has 4 amide bonds. The van der Waals surface area contributed by atoms with Crippen LogP contribution in [0.1, 0.15) is 42.4 Å². The number of fused-ring (bicyclic) bond motifs is 2. The van der Waals surface area contributed by atoms with Gasteiger partial charge in [-0.05, 0) is 67.9 Å². The van der Waals surface area contributed by atoms with E-state index in [1.54, 1.807) is 11.2 Å². The van der Waals surface area contributed by atoms with Gasteiger partial charge in [0.05, 0.1) is 17.4 Å². The first-order valence-electron chi connectivity index (χ1n) is 17.2. The van der Waals surface area contributed by atoms with E-state index in [9.17, 15) is 14.4 Å². The van der Waals surface area contributed by atoms with Crippen molar-refractivity contribution in [3.05, 3.63) is 59.4 Å². The Labute approximate surface area is 275 Å². The number of rotatable bonds is 6. The van der Waals surface area contributed by atoms with Gasteiger partial charge in [0.2, 0.25) is 0 Å². The Morgan fingerprint density at radius 1 is 0.936 bits per heavy atom. The lowest BCUT2D eigenvalue weighted by Gasteiger charge is -2.41. The van der Waals surface area contributed by atoms with Crippen LogP contribution < -0.4 is 10.6 Å². The number of hydrogen-bond donors (Lipinski definition) is 3. The monoisotopic (exact) mass is 642 g/mol. The van der Waals surface area contributed by atoms with E-state index in [0.29, 0.717) is 51.6 Å². The highest BCUT2D eigenvalue weighted by Crippen LogP contribution is 2.26. The molecule has 0 saturated carbocycles. The number of imidazole rings is 1. The van der Waals surface area contributed by atoms with E-state index in [1.165, 1.54) is 0 Å². The predicted octanol–water partition coefficient (Wildman–Crippen LogP) is 3.37. The van der Waals surface area contributed by atoms with Crippen molar-refractivity contribution in [1.82, 2.24) is 34.9 Å². The molecule has 47 heavy (non-hydrogen) atoms. The summed E-state index contributed by atoms with van der Waals surface area (Å²) in [6.07, 6.45) is 4.52. The Kier molecular flexibility index (Phi) is 9.30. The zero-order valence-electron chi connectivity index (χ0n) is 27.2. The Hall–Kier alpha value is -4.16. The highest BCUT2D eigenvalue weighted by atomic mass is 16.6. The maximum absolute atomic E-state index is 14.1. The average molecular weight is 643 g/mol. The van der Waals surface area contributed by atoms with Crippen LogP contribution in [0.4, 0.5) is 15.3 Å². The minimum absolute atomic E-state index is 0.0336. The molecule has 0 aliphatic carbocycles. The molecule has 7 rings (SSSR count). The lowest BCUT2D eigenvalue weighted by atomic mass is 9.99. The van der Waals surface area contributed by atoms with E-state index in [2.05, 4.69) is 31.6 Å². The number of para-hydroxylation sites is 1. The lowest BCUT2D eigenvalue weighted by Crippen LogP contribution is -2.54. The number of H-pyrrole nitrogens is 1. The molecular weight excluding hydrogens is 596 g/mol. The number of ether oxygens (including phenoxy) is 1. The molecule has 2 aromatic carbocycles. The van der Waals surface area contributed by atoms with Crippen molar-refractivity contribution in [1.29, 1.82) is 0 Å². The topological polar surface area (TPSA) is 126 Å². The zero-order chi connectivity index (χ0) is 32.3. The number of benzene rings is 2. The zero-order valence-corrected chi connectivity index (χ0v) is 27.2. The summed E-state index contributed by atoms with van der Waals surface area (Å²) in [7, 11) is 0. The van der Waals surface area contributed by atoms with Crippen molar-refractivity contribution < 1.29 is 19.1 Å². The molecule has 5 heterocycles. The van der Waals surface area contributed by atoms with E-state index < -0.39 is 12.2 Å². The Morgan fingerprint density at radius 3 is 2.45 bits per heavy atom. The number of anilines is 1. The molecule has 12 nitrogen and oxygen atoms in total. The first-order chi connectivity index (χ1) is 22.9. The van der Waals surface area contributed by atoms with Crippen LogP contribution in [0.15, 0.2) is 42.7 Å². The molecule has 3 aromatic rings. The van der Waals surface area contributed by atoms with Gasteiger partial charge >= 0.3 is 12.1 Å². The van der Waals surface area contributed by atoms with Crippen LogP contribution in [0, 0.1) is 6.92 Å². The molecule has 0 unspecified atom stereocenters. The second-order valence-electron chi connectivity index (χ2n) is 13.4.